The largest absolute Gasteiger partial charge is 0.382 e. The molecule has 3 rings (SSSR count). The molecule has 2 aromatic rings. The summed E-state index contributed by atoms with van der Waals surface area (Å²) in [6, 6.07) is 0.665. The molecule has 156 valence electrons. The third kappa shape index (κ3) is 5.41. The van der Waals surface area contributed by atoms with Crippen LogP contribution in [0.3, 0.4) is 0 Å². The Morgan fingerprint density at radius 2 is 1.75 bits per heavy atom. The summed E-state index contributed by atoms with van der Waals surface area (Å²) in [6.45, 7) is 13.7. The summed E-state index contributed by atoms with van der Waals surface area (Å²) in [5.74, 6) is 1.36. The molecule has 2 N–H and O–H groups in total. The Bertz CT molecular complexity index is 732. The first kappa shape index (κ1) is 21.0. The maximum Gasteiger partial charge on any atom is 0.165 e. The van der Waals surface area contributed by atoms with E-state index in [1.807, 2.05) is 6.33 Å². The monoisotopic (exact) mass is 387 g/mol. The van der Waals surface area contributed by atoms with Gasteiger partial charge in [-0.3, -0.25) is 4.90 Å². The van der Waals surface area contributed by atoms with E-state index in [2.05, 4.69) is 45.1 Å². The van der Waals surface area contributed by atoms with Gasteiger partial charge in [0.25, 0.3) is 0 Å². The van der Waals surface area contributed by atoms with E-state index in [0.29, 0.717) is 11.9 Å². The van der Waals surface area contributed by atoms with Crippen LogP contribution in [0.1, 0.15) is 58.7 Å². The van der Waals surface area contributed by atoms with Crippen molar-refractivity contribution < 1.29 is 0 Å². The molecule has 1 fully saturated rings. The lowest BCUT2D eigenvalue weighted by Gasteiger charge is -2.36. The number of nitrogen functional groups attached to an aromatic ring is 1. The highest BCUT2D eigenvalue weighted by atomic mass is 15.3. The molecular weight excluding hydrogens is 350 g/mol. The molecule has 0 spiro atoms. The van der Waals surface area contributed by atoms with E-state index >= 15 is 0 Å². The number of piperazine rings is 1. The molecule has 0 unspecified atom stereocenters. The second kappa shape index (κ2) is 10.2. The van der Waals surface area contributed by atoms with Gasteiger partial charge < -0.3 is 15.2 Å². The summed E-state index contributed by atoms with van der Waals surface area (Å²) >= 11 is 0. The van der Waals surface area contributed by atoms with Crippen molar-refractivity contribution in [3.8, 4) is 0 Å². The molecule has 3 heterocycles. The van der Waals surface area contributed by atoms with Crippen LogP contribution in [0.2, 0.25) is 0 Å². The third-order valence-electron chi connectivity index (χ3n) is 5.80. The van der Waals surface area contributed by atoms with E-state index in [9.17, 15) is 0 Å². The average molecular weight is 388 g/mol. The summed E-state index contributed by atoms with van der Waals surface area (Å²) < 4.78 is 2.15. The predicted octanol–water partition coefficient (Wildman–Crippen LogP) is 2.95. The second-order valence-corrected chi connectivity index (χ2v) is 8.27. The molecule has 0 amide bonds. The van der Waals surface area contributed by atoms with Crippen molar-refractivity contribution in [2.75, 3.05) is 38.5 Å². The van der Waals surface area contributed by atoms with E-state index in [1.54, 1.807) is 0 Å². The number of nitrogens with two attached hydrogens (primary N) is 1. The van der Waals surface area contributed by atoms with Crippen molar-refractivity contribution in [1.29, 1.82) is 0 Å². The van der Waals surface area contributed by atoms with Gasteiger partial charge in [-0.2, -0.15) is 0 Å². The molecule has 0 aliphatic carbocycles. The molecule has 0 bridgehead atoms. The maximum absolute atomic E-state index is 6.12. The predicted molar refractivity (Wildman–Crippen MR) is 115 cm³/mol. The Labute approximate surface area is 169 Å². The van der Waals surface area contributed by atoms with Crippen molar-refractivity contribution in [1.82, 2.24) is 29.3 Å². The normalized spacial score (nSPS) is 16.4. The molecule has 0 atom stereocenters. The molecule has 0 radical (unpaired) electrons. The molecule has 7 nitrogen and oxygen atoms in total. The number of hydrogen-bond donors (Lipinski definition) is 1. The third-order valence-corrected chi connectivity index (χ3v) is 5.80. The van der Waals surface area contributed by atoms with E-state index < -0.39 is 0 Å². The molecule has 7 heteroatoms. The Kier molecular flexibility index (Phi) is 7.62. The van der Waals surface area contributed by atoms with Crippen LogP contribution in [0.5, 0.6) is 0 Å². The Morgan fingerprint density at radius 1 is 1.00 bits per heavy atom. The molecule has 2 aromatic heterocycles. The van der Waals surface area contributed by atoms with Gasteiger partial charge in [0.15, 0.2) is 11.5 Å². The highest BCUT2D eigenvalue weighted by Gasteiger charge is 2.18. The summed E-state index contributed by atoms with van der Waals surface area (Å²) in [6.07, 6.45) is 8.60. The molecule has 28 heavy (non-hydrogen) atoms. The second-order valence-electron chi connectivity index (χ2n) is 8.27. The van der Waals surface area contributed by atoms with Crippen LogP contribution in [0.25, 0.3) is 11.2 Å². The van der Waals surface area contributed by atoms with Crippen molar-refractivity contribution >= 4 is 17.0 Å². The average Bonchev–Trinajstić information content (AvgIpc) is 3.09. The van der Waals surface area contributed by atoms with E-state index in [-0.39, 0.29) is 0 Å². The van der Waals surface area contributed by atoms with Gasteiger partial charge in [-0.05, 0) is 39.7 Å². The first-order valence-corrected chi connectivity index (χ1v) is 11.0. The van der Waals surface area contributed by atoms with Crippen molar-refractivity contribution in [2.24, 2.45) is 0 Å². The van der Waals surface area contributed by atoms with Crippen LogP contribution in [-0.4, -0.2) is 68.1 Å². The number of aromatic nitrogens is 4. The zero-order valence-corrected chi connectivity index (χ0v) is 17.9. The van der Waals surface area contributed by atoms with Crippen LogP contribution in [-0.2, 0) is 13.0 Å². The number of anilines is 1. The van der Waals surface area contributed by atoms with Gasteiger partial charge >= 0.3 is 0 Å². The van der Waals surface area contributed by atoms with Crippen LogP contribution in [0.4, 0.5) is 5.82 Å². The lowest BCUT2D eigenvalue weighted by molar-refractivity contribution is 0.107. The van der Waals surface area contributed by atoms with Crippen LogP contribution >= 0.6 is 0 Å². The first-order valence-electron chi connectivity index (χ1n) is 11.0. The Morgan fingerprint density at radius 3 is 2.46 bits per heavy atom. The van der Waals surface area contributed by atoms with Gasteiger partial charge in [-0.1, -0.05) is 19.8 Å². The fraction of sp³-hybridized carbons (Fsp3) is 0.762. The molecule has 0 saturated carbocycles. The minimum absolute atomic E-state index is 0.512. The van der Waals surface area contributed by atoms with E-state index in [0.717, 1.165) is 42.8 Å². The van der Waals surface area contributed by atoms with Gasteiger partial charge in [0.05, 0.1) is 6.33 Å². The smallest absolute Gasteiger partial charge is 0.165 e. The SMILES string of the molecule is CCCCCc1nc(N)c2ncn(CCCCN3CCN(C(C)C)CC3)c2n1. The summed E-state index contributed by atoms with van der Waals surface area (Å²) in [4.78, 5) is 18.8. The molecule has 1 aliphatic heterocycles. The van der Waals surface area contributed by atoms with Gasteiger partial charge in [0.2, 0.25) is 0 Å². The van der Waals surface area contributed by atoms with Gasteiger partial charge in [0, 0.05) is 45.2 Å². The lowest BCUT2D eigenvalue weighted by Crippen LogP contribution is -2.48. The fourth-order valence-corrected chi connectivity index (χ4v) is 3.94. The zero-order valence-electron chi connectivity index (χ0n) is 17.9. The zero-order chi connectivity index (χ0) is 19.9. The Hall–Kier alpha value is -1.73. The standard InChI is InChI=1S/C21H37N7/c1-4-5-6-9-18-24-20(22)19-21(25-18)28(16-23-19)11-8-7-10-26-12-14-27(15-13-26)17(2)3/h16-17H,4-15H2,1-3H3,(H2,22,24,25). The first-order chi connectivity index (χ1) is 13.6. The molecule has 1 aliphatic rings. The van der Waals surface area contributed by atoms with Gasteiger partial charge in [-0.25, -0.2) is 15.0 Å². The van der Waals surface area contributed by atoms with E-state index in [4.69, 9.17) is 10.7 Å². The number of aryl methyl sites for hydroxylation is 2. The minimum atomic E-state index is 0.512. The lowest BCUT2D eigenvalue weighted by atomic mass is 10.2. The van der Waals surface area contributed by atoms with Crippen LogP contribution in [0.15, 0.2) is 6.33 Å². The maximum atomic E-state index is 6.12. The molecular formula is C21H37N7. The van der Waals surface area contributed by atoms with Crippen molar-refractivity contribution in [2.45, 2.75) is 71.9 Å². The van der Waals surface area contributed by atoms with Gasteiger partial charge in [0.1, 0.15) is 11.3 Å². The molecule has 1 saturated heterocycles. The van der Waals surface area contributed by atoms with Gasteiger partial charge in [-0.15, -0.1) is 0 Å². The molecule has 0 aromatic carbocycles. The Balaban J connectivity index is 1.49. The topological polar surface area (TPSA) is 76.1 Å². The number of nitrogens with zero attached hydrogens (tertiary/aromatic N) is 6. The summed E-state index contributed by atoms with van der Waals surface area (Å²) in [5.41, 5.74) is 7.75. The number of rotatable bonds is 10. The number of imidazole rings is 1. The van der Waals surface area contributed by atoms with E-state index in [1.165, 1.54) is 52.0 Å². The number of hydrogen-bond acceptors (Lipinski definition) is 6. The summed E-state index contributed by atoms with van der Waals surface area (Å²) in [5, 5.41) is 0. The van der Waals surface area contributed by atoms with Crippen LogP contribution in [0, 0.1) is 0 Å². The summed E-state index contributed by atoms with van der Waals surface area (Å²) in [7, 11) is 0. The fourth-order valence-electron chi connectivity index (χ4n) is 3.94. The van der Waals surface area contributed by atoms with Crippen LogP contribution < -0.4 is 5.73 Å². The highest BCUT2D eigenvalue weighted by Crippen LogP contribution is 2.18. The quantitative estimate of drug-likeness (QED) is 0.632. The number of unbranched alkanes of at least 4 members (excludes halogenated alkanes) is 3. The highest BCUT2D eigenvalue weighted by molar-refractivity contribution is 5.81. The van der Waals surface area contributed by atoms with Crippen molar-refractivity contribution in [3.05, 3.63) is 12.2 Å². The number of fused-ring (bicyclic) bond motifs is 1. The van der Waals surface area contributed by atoms with Crippen molar-refractivity contribution in [3.63, 3.8) is 0 Å². The minimum Gasteiger partial charge on any atom is -0.382 e.